The average Bonchev–Trinajstić information content (AvgIpc) is 3.09. The zero-order chi connectivity index (χ0) is 18.4. The Bertz CT molecular complexity index is 765. The van der Waals surface area contributed by atoms with Crippen molar-refractivity contribution in [1.82, 2.24) is 20.5 Å². The molecule has 1 unspecified atom stereocenters. The molecular weight excluding hydrogens is 344 g/mol. The molecule has 1 heterocycles. The Kier molecular flexibility index (Phi) is 6.50. The van der Waals surface area contributed by atoms with Crippen molar-refractivity contribution in [3.63, 3.8) is 0 Å². The molecule has 1 fully saturated rings. The van der Waals surface area contributed by atoms with Gasteiger partial charge in [-0.2, -0.15) is 0 Å². The molecule has 138 valence electrons. The topological polar surface area (TPSA) is 70.7 Å². The van der Waals surface area contributed by atoms with Gasteiger partial charge in [-0.25, -0.2) is 4.98 Å². The largest absolute Gasteiger partial charge is 0.352 e. The molecule has 1 aromatic heterocycles. The van der Waals surface area contributed by atoms with E-state index in [4.69, 9.17) is 0 Å². The number of thioether (sulfide) groups is 1. The van der Waals surface area contributed by atoms with Crippen LogP contribution in [0.5, 0.6) is 0 Å². The molecule has 1 amide bonds. The van der Waals surface area contributed by atoms with E-state index in [1.54, 1.807) is 0 Å². The Hall–Kier alpha value is -2.08. The average molecular weight is 371 g/mol. The van der Waals surface area contributed by atoms with Crippen molar-refractivity contribution in [2.24, 2.45) is 0 Å². The minimum Gasteiger partial charge on any atom is -0.352 e. The summed E-state index contributed by atoms with van der Waals surface area (Å²) in [6.45, 7) is 3.98. The second-order valence-electron chi connectivity index (χ2n) is 6.80. The van der Waals surface area contributed by atoms with Crippen molar-refractivity contribution in [3.05, 3.63) is 41.2 Å². The number of carbonyl (C=O) groups excluding carboxylic acids is 1. The third-order valence-corrected chi connectivity index (χ3v) is 5.66. The van der Waals surface area contributed by atoms with E-state index in [1.165, 1.54) is 36.6 Å². The van der Waals surface area contributed by atoms with Crippen LogP contribution in [0.1, 0.15) is 56.0 Å². The zero-order valence-corrected chi connectivity index (χ0v) is 16.2. The molecule has 5 nitrogen and oxygen atoms in total. The maximum absolute atomic E-state index is 12.4. The number of nitrogens with zero attached hydrogens (tertiary/aromatic N) is 2. The third kappa shape index (κ3) is 5.21. The van der Waals surface area contributed by atoms with E-state index < -0.39 is 0 Å². The van der Waals surface area contributed by atoms with E-state index in [2.05, 4.69) is 39.6 Å². The van der Waals surface area contributed by atoms with Crippen molar-refractivity contribution in [2.45, 2.75) is 62.4 Å². The molecule has 1 saturated carbocycles. The molecule has 2 N–H and O–H groups in total. The quantitative estimate of drug-likeness (QED) is 0.747. The number of carbonyl (C=O) groups is 1. The number of H-pyrrole nitrogens is 1. The van der Waals surface area contributed by atoms with Gasteiger partial charge in [-0.15, -0.1) is 5.10 Å². The molecule has 0 saturated heterocycles. The van der Waals surface area contributed by atoms with Gasteiger partial charge in [-0.05, 0) is 43.9 Å². The SMILES string of the molecule is Cc1ccccc1/C=C/c1nc(SC(C)C(=O)NC2CCCCC2)n[nH]1. The van der Waals surface area contributed by atoms with E-state index in [1.807, 2.05) is 31.2 Å². The molecule has 26 heavy (non-hydrogen) atoms. The van der Waals surface area contributed by atoms with Crippen molar-refractivity contribution in [2.75, 3.05) is 0 Å². The van der Waals surface area contributed by atoms with Crippen LogP contribution in [0.15, 0.2) is 29.4 Å². The molecule has 0 aliphatic heterocycles. The molecule has 1 aromatic carbocycles. The van der Waals surface area contributed by atoms with E-state index in [9.17, 15) is 4.79 Å². The molecule has 3 rings (SSSR count). The highest BCUT2D eigenvalue weighted by atomic mass is 32.2. The fourth-order valence-electron chi connectivity index (χ4n) is 3.10. The molecule has 1 atom stereocenters. The van der Waals surface area contributed by atoms with Crippen LogP contribution in [0.3, 0.4) is 0 Å². The second-order valence-corrected chi connectivity index (χ2v) is 8.10. The first-order valence-corrected chi connectivity index (χ1v) is 10.1. The van der Waals surface area contributed by atoms with Gasteiger partial charge in [0.25, 0.3) is 0 Å². The summed E-state index contributed by atoms with van der Waals surface area (Å²) in [5.74, 6) is 0.763. The Morgan fingerprint density at radius 1 is 1.27 bits per heavy atom. The fraction of sp³-hybridized carbons (Fsp3) is 0.450. The number of rotatable bonds is 6. The predicted octanol–water partition coefficient (Wildman–Crippen LogP) is 4.21. The summed E-state index contributed by atoms with van der Waals surface area (Å²) in [6.07, 6.45) is 9.82. The van der Waals surface area contributed by atoms with Gasteiger partial charge in [0.1, 0.15) is 5.82 Å². The summed E-state index contributed by atoms with van der Waals surface area (Å²) in [6, 6.07) is 8.51. The number of aromatic nitrogens is 3. The van der Waals surface area contributed by atoms with Crippen LogP contribution in [0.2, 0.25) is 0 Å². The predicted molar refractivity (Wildman–Crippen MR) is 107 cm³/mol. The normalized spacial score (nSPS) is 16.7. The zero-order valence-electron chi connectivity index (χ0n) is 15.4. The van der Waals surface area contributed by atoms with E-state index >= 15 is 0 Å². The van der Waals surface area contributed by atoms with Crippen molar-refractivity contribution in [3.8, 4) is 0 Å². The molecule has 2 aromatic rings. The van der Waals surface area contributed by atoms with Crippen LogP contribution in [0.4, 0.5) is 0 Å². The molecular formula is C20H26N4OS. The second kappa shape index (κ2) is 9.03. The Morgan fingerprint density at radius 3 is 2.81 bits per heavy atom. The highest BCUT2D eigenvalue weighted by molar-refractivity contribution is 8.00. The van der Waals surface area contributed by atoms with Crippen LogP contribution < -0.4 is 5.32 Å². The maximum atomic E-state index is 12.4. The third-order valence-electron chi connectivity index (χ3n) is 4.69. The van der Waals surface area contributed by atoms with Gasteiger partial charge in [0.15, 0.2) is 0 Å². The molecule has 0 radical (unpaired) electrons. The molecule has 1 aliphatic carbocycles. The number of nitrogens with one attached hydrogen (secondary N) is 2. The molecule has 1 aliphatic rings. The van der Waals surface area contributed by atoms with Crippen LogP contribution in [-0.4, -0.2) is 32.4 Å². The summed E-state index contributed by atoms with van der Waals surface area (Å²) in [7, 11) is 0. The number of hydrogen-bond donors (Lipinski definition) is 2. The lowest BCUT2D eigenvalue weighted by Crippen LogP contribution is -2.40. The van der Waals surface area contributed by atoms with Gasteiger partial charge in [0.05, 0.1) is 5.25 Å². The number of amides is 1. The summed E-state index contributed by atoms with van der Waals surface area (Å²) in [5.41, 5.74) is 2.37. The lowest BCUT2D eigenvalue weighted by molar-refractivity contribution is -0.121. The van der Waals surface area contributed by atoms with Gasteiger partial charge in [0.2, 0.25) is 11.1 Å². The minimum atomic E-state index is -0.207. The summed E-state index contributed by atoms with van der Waals surface area (Å²) < 4.78 is 0. The standard InChI is InChI=1S/C20H26N4OS/c1-14-8-6-7-9-16(14)12-13-18-22-20(24-23-18)26-15(2)19(25)21-17-10-4-3-5-11-17/h6-9,12-13,15,17H,3-5,10-11H2,1-2H3,(H,21,25)(H,22,23,24)/b13-12+. The van der Waals surface area contributed by atoms with Gasteiger partial charge in [0, 0.05) is 6.04 Å². The summed E-state index contributed by atoms with van der Waals surface area (Å²) in [4.78, 5) is 16.8. The van der Waals surface area contributed by atoms with Crippen molar-refractivity contribution >= 4 is 29.8 Å². The first kappa shape index (κ1) is 18.7. The smallest absolute Gasteiger partial charge is 0.233 e. The monoisotopic (exact) mass is 370 g/mol. The van der Waals surface area contributed by atoms with Crippen molar-refractivity contribution < 1.29 is 4.79 Å². The van der Waals surface area contributed by atoms with Crippen LogP contribution in [-0.2, 0) is 4.79 Å². The number of aromatic amines is 1. The van der Waals surface area contributed by atoms with Gasteiger partial charge < -0.3 is 5.32 Å². The minimum absolute atomic E-state index is 0.0729. The lowest BCUT2D eigenvalue weighted by atomic mass is 9.95. The summed E-state index contributed by atoms with van der Waals surface area (Å²) >= 11 is 1.39. The van der Waals surface area contributed by atoms with Gasteiger partial charge in [-0.1, -0.05) is 61.4 Å². The Morgan fingerprint density at radius 2 is 2.04 bits per heavy atom. The van der Waals surface area contributed by atoms with Crippen molar-refractivity contribution in [1.29, 1.82) is 0 Å². The Labute approximate surface area is 159 Å². The highest BCUT2D eigenvalue weighted by Gasteiger charge is 2.21. The summed E-state index contributed by atoms with van der Waals surface area (Å²) in [5, 5.41) is 10.7. The van der Waals surface area contributed by atoms with E-state index in [0.29, 0.717) is 17.0 Å². The van der Waals surface area contributed by atoms with Gasteiger partial charge in [-0.3, -0.25) is 9.89 Å². The molecule has 6 heteroatoms. The number of aryl methyl sites for hydroxylation is 1. The van der Waals surface area contributed by atoms with Crippen LogP contribution in [0, 0.1) is 6.92 Å². The van der Waals surface area contributed by atoms with E-state index in [-0.39, 0.29) is 11.2 Å². The van der Waals surface area contributed by atoms with Crippen LogP contribution in [0.25, 0.3) is 12.2 Å². The maximum Gasteiger partial charge on any atom is 0.233 e. The van der Waals surface area contributed by atoms with E-state index in [0.717, 1.165) is 18.4 Å². The first-order valence-electron chi connectivity index (χ1n) is 9.25. The first-order chi connectivity index (χ1) is 12.6. The molecule has 0 bridgehead atoms. The number of hydrogen-bond acceptors (Lipinski definition) is 4. The van der Waals surface area contributed by atoms with Crippen LogP contribution >= 0.6 is 11.8 Å². The lowest BCUT2D eigenvalue weighted by Gasteiger charge is -2.24. The van der Waals surface area contributed by atoms with Gasteiger partial charge >= 0.3 is 0 Å². The highest BCUT2D eigenvalue weighted by Crippen LogP contribution is 2.22. The number of benzene rings is 1. The molecule has 0 spiro atoms. The fourth-order valence-corrected chi connectivity index (χ4v) is 3.85. The Balaban J connectivity index is 1.54.